The third-order valence-corrected chi connectivity index (χ3v) is 1.30. The van der Waals surface area contributed by atoms with E-state index in [4.69, 9.17) is 10.6 Å². The molecule has 0 fully saturated rings. The van der Waals surface area contributed by atoms with Crippen molar-refractivity contribution in [3.8, 4) is 0 Å². The first kappa shape index (κ1) is 8.32. The van der Waals surface area contributed by atoms with Gasteiger partial charge in [-0.1, -0.05) is 0 Å². The van der Waals surface area contributed by atoms with Crippen LogP contribution in [0.1, 0.15) is 10.4 Å². The molecule has 0 aliphatic heterocycles. The smallest absolute Gasteiger partial charge is 0.337 e. The minimum atomic E-state index is -1.26. The second kappa shape index (κ2) is 3.08. The average molecular weight is 167 g/mol. The summed E-state index contributed by atoms with van der Waals surface area (Å²) in [6.45, 7) is 0. The number of hydrogen-bond acceptors (Lipinski definition) is 2. The van der Waals surface area contributed by atoms with E-state index in [0.29, 0.717) is 0 Å². The molecule has 0 bridgehead atoms. The molecule has 1 aromatic carbocycles. The van der Waals surface area contributed by atoms with Crippen LogP contribution in [0.3, 0.4) is 0 Å². The highest BCUT2D eigenvalue weighted by Gasteiger charge is 2.07. The highest BCUT2D eigenvalue weighted by Crippen LogP contribution is 2.19. The summed E-state index contributed by atoms with van der Waals surface area (Å²) in [6.07, 6.45) is 0. The standard InChI is InChI=1S/C7H4FN2O2/c8-4-1-2-5(7(11)12)6(3-4)10-9/h1-3H,(H,11,12)/q-1. The van der Waals surface area contributed by atoms with Crippen molar-refractivity contribution in [1.82, 2.24) is 0 Å². The molecule has 1 N–H and O–H groups in total. The van der Waals surface area contributed by atoms with Crippen molar-refractivity contribution >= 4 is 11.7 Å². The summed E-state index contributed by atoms with van der Waals surface area (Å²) in [5, 5.41) is 11.1. The van der Waals surface area contributed by atoms with Crippen molar-refractivity contribution in [2.45, 2.75) is 0 Å². The third kappa shape index (κ3) is 1.45. The summed E-state index contributed by atoms with van der Waals surface area (Å²) in [6, 6.07) is 2.86. The van der Waals surface area contributed by atoms with Crippen molar-refractivity contribution in [2.24, 2.45) is 5.11 Å². The molecule has 1 rings (SSSR count). The van der Waals surface area contributed by atoms with Gasteiger partial charge in [0.2, 0.25) is 0 Å². The lowest BCUT2D eigenvalue weighted by molar-refractivity contribution is 0.0698. The van der Waals surface area contributed by atoms with E-state index >= 15 is 0 Å². The van der Waals surface area contributed by atoms with Crippen LogP contribution >= 0.6 is 0 Å². The number of carbonyl (C=O) groups is 1. The molecule has 0 aromatic heterocycles. The zero-order chi connectivity index (χ0) is 9.14. The number of hydrogen-bond donors (Lipinski definition) is 1. The molecule has 0 radical (unpaired) electrons. The van der Waals surface area contributed by atoms with E-state index in [0.717, 1.165) is 18.2 Å². The fourth-order valence-electron chi connectivity index (χ4n) is 0.768. The number of carboxylic acids is 1. The molecular formula is C7H4FN2O2-. The van der Waals surface area contributed by atoms with Gasteiger partial charge in [0.05, 0.1) is 11.3 Å². The summed E-state index contributed by atoms with van der Waals surface area (Å²) in [4.78, 5) is 10.4. The van der Waals surface area contributed by atoms with Gasteiger partial charge in [-0.2, -0.15) is 0 Å². The topological polar surface area (TPSA) is 72.0 Å². The Kier molecular flexibility index (Phi) is 2.14. The quantitative estimate of drug-likeness (QED) is 0.685. The number of rotatable bonds is 2. The van der Waals surface area contributed by atoms with Crippen LogP contribution in [0.15, 0.2) is 23.3 Å². The molecule has 0 aliphatic carbocycles. The summed E-state index contributed by atoms with van der Waals surface area (Å²) in [5.41, 5.74) is 7.76. The molecule has 0 unspecified atom stereocenters. The number of carboxylic acid groups (broad SMARTS) is 1. The zero-order valence-electron chi connectivity index (χ0n) is 5.86. The normalized spacial score (nSPS) is 9.42. The molecule has 0 saturated carbocycles. The Morgan fingerprint density at radius 2 is 2.25 bits per heavy atom. The van der Waals surface area contributed by atoms with Gasteiger partial charge in [0.15, 0.2) is 0 Å². The van der Waals surface area contributed by atoms with Gasteiger partial charge in [0.25, 0.3) is 0 Å². The van der Waals surface area contributed by atoms with Crippen LogP contribution in [-0.4, -0.2) is 11.1 Å². The molecular weight excluding hydrogens is 163 g/mol. The Morgan fingerprint density at radius 3 is 2.75 bits per heavy atom. The SMILES string of the molecule is [N-]=Nc1cc(F)ccc1C(=O)O. The Morgan fingerprint density at radius 1 is 1.58 bits per heavy atom. The van der Waals surface area contributed by atoms with Crippen molar-refractivity contribution in [3.05, 3.63) is 35.1 Å². The van der Waals surface area contributed by atoms with Crippen LogP contribution in [0, 0.1) is 5.82 Å². The Bertz CT molecular complexity index is 338. The van der Waals surface area contributed by atoms with Gasteiger partial charge in [-0.05, 0) is 18.2 Å². The predicted octanol–water partition coefficient (Wildman–Crippen LogP) is 2.18. The van der Waals surface area contributed by atoms with Gasteiger partial charge in [-0.3, -0.25) is 0 Å². The van der Waals surface area contributed by atoms with E-state index in [1.165, 1.54) is 0 Å². The average Bonchev–Trinajstić information content (AvgIpc) is 2.03. The van der Waals surface area contributed by atoms with Crippen molar-refractivity contribution < 1.29 is 14.3 Å². The third-order valence-electron chi connectivity index (χ3n) is 1.30. The molecule has 0 amide bonds. The van der Waals surface area contributed by atoms with E-state index in [1.807, 2.05) is 0 Å². The lowest BCUT2D eigenvalue weighted by Crippen LogP contribution is -1.96. The van der Waals surface area contributed by atoms with Gasteiger partial charge >= 0.3 is 5.97 Å². The Labute approximate surface area is 67.2 Å². The molecule has 1 aromatic rings. The number of aromatic carboxylic acids is 1. The molecule has 0 spiro atoms. The minimum absolute atomic E-state index is 0.237. The van der Waals surface area contributed by atoms with Crippen molar-refractivity contribution in [1.29, 1.82) is 0 Å². The van der Waals surface area contributed by atoms with E-state index in [-0.39, 0.29) is 11.3 Å². The lowest BCUT2D eigenvalue weighted by Gasteiger charge is -2.01. The van der Waals surface area contributed by atoms with Crippen molar-refractivity contribution in [2.75, 3.05) is 0 Å². The number of benzene rings is 1. The Balaban J connectivity index is 3.29. The monoisotopic (exact) mass is 167 g/mol. The first-order valence-electron chi connectivity index (χ1n) is 3.03. The largest absolute Gasteiger partial charge is 0.706 e. The zero-order valence-corrected chi connectivity index (χ0v) is 5.86. The summed E-state index contributed by atoms with van der Waals surface area (Å²) >= 11 is 0. The van der Waals surface area contributed by atoms with E-state index in [2.05, 4.69) is 5.11 Å². The molecule has 12 heavy (non-hydrogen) atoms. The number of nitrogens with zero attached hydrogens (tertiary/aromatic N) is 2. The van der Waals surface area contributed by atoms with Crippen LogP contribution in [0.4, 0.5) is 10.1 Å². The van der Waals surface area contributed by atoms with Gasteiger partial charge < -0.3 is 15.8 Å². The van der Waals surface area contributed by atoms with Gasteiger partial charge in [0, 0.05) is 0 Å². The first-order chi connectivity index (χ1) is 5.65. The minimum Gasteiger partial charge on any atom is -0.706 e. The van der Waals surface area contributed by atoms with Crippen LogP contribution in [-0.2, 0) is 0 Å². The maximum Gasteiger partial charge on any atom is 0.337 e. The second-order valence-corrected chi connectivity index (χ2v) is 2.07. The van der Waals surface area contributed by atoms with Crippen LogP contribution in [0.5, 0.6) is 0 Å². The van der Waals surface area contributed by atoms with Gasteiger partial charge in [-0.25, -0.2) is 9.18 Å². The summed E-state index contributed by atoms with van der Waals surface area (Å²) in [7, 11) is 0. The van der Waals surface area contributed by atoms with Crippen molar-refractivity contribution in [3.63, 3.8) is 0 Å². The van der Waals surface area contributed by atoms with Gasteiger partial charge in [-0.15, -0.1) is 0 Å². The number of halogens is 1. The predicted molar refractivity (Wildman–Crippen MR) is 38.8 cm³/mol. The van der Waals surface area contributed by atoms with E-state index in [1.54, 1.807) is 0 Å². The van der Waals surface area contributed by atoms with E-state index in [9.17, 15) is 9.18 Å². The first-order valence-corrected chi connectivity index (χ1v) is 3.03. The fraction of sp³-hybridized carbons (Fsp3) is 0. The fourth-order valence-corrected chi connectivity index (χ4v) is 0.768. The Hall–Kier alpha value is -1.78. The second-order valence-electron chi connectivity index (χ2n) is 2.07. The maximum absolute atomic E-state index is 12.4. The van der Waals surface area contributed by atoms with Gasteiger partial charge in [0.1, 0.15) is 5.82 Å². The highest BCUT2D eigenvalue weighted by atomic mass is 19.1. The maximum atomic E-state index is 12.4. The molecule has 0 atom stereocenters. The molecule has 0 aliphatic rings. The lowest BCUT2D eigenvalue weighted by atomic mass is 10.2. The summed E-state index contributed by atoms with van der Waals surface area (Å²) in [5.74, 6) is -1.91. The molecule has 4 nitrogen and oxygen atoms in total. The molecule has 5 heteroatoms. The summed E-state index contributed by atoms with van der Waals surface area (Å²) < 4.78 is 12.4. The van der Waals surface area contributed by atoms with Crippen LogP contribution < -0.4 is 0 Å². The van der Waals surface area contributed by atoms with Crippen LogP contribution in [0.25, 0.3) is 5.53 Å². The van der Waals surface area contributed by atoms with Crippen LogP contribution in [0.2, 0.25) is 0 Å². The molecule has 0 saturated heterocycles. The molecule has 62 valence electrons. The highest BCUT2D eigenvalue weighted by molar-refractivity contribution is 5.93. The molecule has 0 heterocycles. The van der Waals surface area contributed by atoms with E-state index < -0.39 is 11.8 Å².